The largest absolute Gasteiger partial charge is 0.490 e. The van der Waals surface area contributed by atoms with Gasteiger partial charge in [0.25, 0.3) is 0 Å². The summed E-state index contributed by atoms with van der Waals surface area (Å²) in [7, 11) is 0. The minimum absolute atomic E-state index is 0.128. The summed E-state index contributed by atoms with van der Waals surface area (Å²) in [5.74, 6) is 0.230. The molecule has 0 aliphatic heterocycles. The predicted molar refractivity (Wildman–Crippen MR) is 89.3 cm³/mol. The second-order valence-corrected chi connectivity index (χ2v) is 4.72. The molecule has 1 amide bonds. The third kappa shape index (κ3) is 5.64. The van der Waals surface area contributed by atoms with E-state index in [0.29, 0.717) is 17.0 Å². The average Bonchev–Trinajstić information content (AvgIpc) is 2.60. The van der Waals surface area contributed by atoms with Crippen molar-refractivity contribution in [3.63, 3.8) is 0 Å². The van der Waals surface area contributed by atoms with E-state index in [1.165, 1.54) is 6.07 Å². The van der Waals surface area contributed by atoms with Gasteiger partial charge in [-0.1, -0.05) is 24.3 Å². The molecule has 0 aliphatic carbocycles. The maximum absolute atomic E-state index is 12.0. The van der Waals surface area contributed by atoms with Crippen LogP contribution in [0.15, 0.2) is 54.6 Å². The summed E-state index contributed by atoms with van der Waals surface area (Å²) in [6, 6.07) is 15.7. The van der Waals surface area contributed by atoms with Gasteiger partial charge in [0.15, 0.2) is 0 Å². The van der Waals surface area contributed by atoms with Crippen LogP contribution in [0.1, 0.15) is 17.3 Å². The highest BCUT2D eigenvalue weighted by molar-refractivity contribution is 5.92. The Bertz CT molecular complexity index is 672. The van der Waals surface area contributed by atoms with Gasteiger partial charge in [0.1, 0.15) is 19.0 Å². The zero-order chi connectivity index (χ0) is 17.2. The third-order valence-corrected chi connectivity index (χ3v) is 2.95. The average molecular weight is 329 g/mol. The fraction of sp³-hybridized carbons (Fsp3) is 0.222. The molecule has 2 aromatic rings. The van der Waals surface area contributed by atoms with Gasteiger partial charge >= 0.3 is 12.1 Å². The molecule has 6 nitrogen and oxygen atoms in total. The van der Waals surface area contributed by atoms with Crippen molar-refractivity contribution in [2.24, 2.45) is 0 Å². The lowest BCUT2D eigenvalue weighted by atomic mass is 10.2. The molecule has 0 heterocycles. The fourth-order valence-corrected chi connectivity index (χ4v) is 1.90. The molecule has 0 saturated heterocycles. The van der Waals surface area contributed by atoms with Crippen LogP contribution in [0.4, 0.5) is 10.5 Å². The molecule has 0 atom stereocenters. The Morgan fingerprint density at radius 3 is 2.50 bits per heavy atom. The van der Waals surface area contributed by atoms with E-state index in [-0.39, 0.29) is 19.8 Å². The number of benzene rings is 2. The van der Waals surface area contributed by atoms with Crippen molar-refractivity contribution in [2.75, 3.05) is 25.1 Å². The van der Waals surface area contributed by atoms with E-state index in [1.807, 2.05) is 30.3 Å². The fourth-order valence-electron chi connectivity index (χ4n) is 1.90. The van der Waals surface area contributed by atoms with Crippen molar-refractivity contribution in [2.45, 2.75) is 6.92 Å². The minimum atomic E-state index is -0.570. The van der Waals surface area contributed by atoms with Crippen molar-refractivity contribution in [1.29, 1.82) is 0 Å². The summed E-state index contributed by atoms with van der Waals surface area (Å²) >= 11 is 0. The Morgan fingerprint density at radius 1 is 0.958 bits per heavy atom. The Morgan fingerprint density at radius 2 is 1.75 bits per heavy atom. The highest BCUT2D eigenvalue weighted by Crippen LogP contribution is 2.12. The molecule has 0 aliphatic rings. The Labute approximate surface area is 140 Å². The van der Waals surface area contributed by atoms with E-state index in [4.69, 9.17) is 14.2 Å². The Kier molecular flexibility index (Phi) is 6.64. The first kappa shape index (κ1) is 17.3. The van der Waals surface area contributed by atoms with Crippen LogP contribution in [0.3, 0.4) is 0 Å². The molecular formula is C18H19NO5. The van der Waals surface area contributed by atoms with Crippen LogP contribution >= 0.6 is 0 Å². The topological polar surface area (TPSA) is 73.9 Å². The Hall–Kier alpha value is -3.02. The predicted octanol–water partition coefficient (Wildman–Crippen LogP) is 3.49. The molecule has 2 aromatic carbocycles. The van der Waals surface area contributed by atoms with Gasteiger partial charge in [0.2, 0.25) is 0 Å². The molecular weight excluding hydrogens is 310 g/mol. The van der Waals surface area contributed by atoms with Crippen molar-refractivity contribution in [3.05, 3.63) is 60.2 Å². The van der Waals surface area contributed by atoms with E-state index < -0.39 is 12.1 Å². The maximum atomic E-state index is 12.0. The number of carbonyl (C=O) groups excluding carboxylic acids is 2. The maximum Gasteiger partial charge on any atom is 0.411 e. The van der Waals surface area contributed by atoms with Gasteiger partial charge < -0.3 is 14.2 Å². The lowest BCUT2D eigenvalue weighted by Crippen LogP contribution is -2.15. The lowest BCUT2D eigenvalue weighted by molar-refractivity contribution is 0.0450. The van der Waals surface area contributed by atoms with Crippen LogP contribution in [-0.4, -0.2) is 31.9 Å². The number of para-hydroxylation sites is 1. The van der Waals surface area contributed by atoms with Gasteiger partial charge in [-0.05, 0) is 37.3 Å². The van der Waals surface area contributed by atoms with Gasteiger partial charge in [0.05, 0.1) is 12.2 Å². The van der Waals surface area contributed by atoms with Crippen molar-refractivity contribution >= 4 is 17.7 Å². The number of nitrogens with one attached hydrogen (secondary N) is 1. The summed E-state index contributed by atoms with van der Waals surface area (Å²) < 4.78 is 15.4. The monoisotopic (exact) mass is 329 g/mol. The SMILES string of the molecule is CCOC(=O)Nc1cccc(C(=O)OCCOc2ccccc2)c1. The van der Waals surface area contributed by atoms with E-state index in [2.05, 4.69) is 5.32 Å². The van der Waals surface area contributed by atoms with Crippen LogP contribution in [0.2, 0.25) is 0 Å². The molecule has 0 aromatic heterocycles. The van der Waals surface area contributed by atoms with Crippen LogP contribution in [0.5, 0.6) is 5.75 Å². The molecule has 24 heavy (non-hydrogen) atoms. The van der Waals surface area contributed by atoms with Crippen LogP contribution < -0.4 is 10.1 Å². The highest BCUT2D eigenvalue weighted by atomic mass is 16.6. The number of esters is 1. The second-order valence-electron chi connectivity index (χ2n) is 4.72. The van der Waals surface area contributed by atoms with Crippen LogP contribution in [-0.2, 0) is 9.47 Å². The first-order valence-electron chi connectivity index (χ1n) is 7.58. The van der Waals surface area contributed by atoms with Gasteiger partial charge in [-0.25, -0.2) is 9.59 Å². The standard InChI is InChI=1S/C18H19NO5/c1-2-22-18(21)19-15-8-6-7-14(13-15)17(20)24-12-11-23-16-9-4-3-5-10-16/h3-10,13H,2,11-12H2,1H3,(H,19,21). The highest BCUT2D eigenvalue weighted by Gasteiger charge is 2.09. The normalized spacial score (nSPS) is 9.88. The summed E-state index contributed by atoms with van der Waals surface area (Å²) in [6.45, 7) is 2.37. The van der Waals surface area contributed by atoms with Gasteiger partial charge in [-0.2, -0.15) is 0 Å². The number of hydrogen-bond donors (Lipinski definition) is 1. The summed E-state index contributed by atoms with van der Waals surface area (Å²) in [4.78, 5) is 23.4. The molecule has 6 heteroatoms. The quantitative estimate of drug-likeness (QED) is 0.622. The molecule has 0 unspecified atom stereocenters. The zero-order valence-electron chi connectivity index (χ0n) is 13.4. The van der Waals surface area contributed by atoms with E-state index in [0.717, 1.165) is 0 Å². The third-order valence-electron chi connectivity index (χ3n) is 2.95. The van der Waals surface area contributed by atoms with Gasteiger partial charge in [-0.15, -0.1) is 0 Å². The van der Waals surface area contributed by atoms with E-state index in [1.54, 1.807) is 25.1 Å². The Balaban J connectivity index is 1.80. The molecule has 1 N–H and O–H groups in total. The first-order valence-corrected chi connectivity index (χ1v) is 7.58. The number of ether oxygens (including phenoxy) is 3. The summed E-state index contributed by atoms with van der Waals surface area (Å²) in [6.07, 6.45) is -0.570. The number of amides is 1. The van der Waals surface area contributed by atoms with Crippen LogP contribution in [0.25, 0.3) is 0 Å². The second kappa shape index (κ2) is 9.19. The molecule has 2 rings (SSSR count). The molecule has 0 fully saturated rings. The molecule has 0 bridgehead atoms. The summed E-state index contributed by atoms with van der Waals surface area (Å²) in [5.41, 5.74) is 0.799. The van der Waals surface area contributed by atoms with Gasteiger partial charge in [-0.3, -0.25) is 5.32 Å². The number of hydrogen-bond acceptors (Lipinski definition) is 5. The zero-order valence-corrected chi connectivity index (χ0v) is 13.4. The lowest BCUT2D eigenvalue weighted by Gasteiger charge is -2.09. The van der Waals surface area contributed by atoms with Crippen LogP contribution in [0, 0.1) is 0 Å². The molecule has 0 radical (unpaired) electrons. The molecule has 0 saturated carbocycles. The number of rotatable bonds is 7. The minimum Gasteiger partial charge on any atom is -0.490 e. The van der Waals surface area contributed by atoms with E-state index >= 15 is 0 Å². The summed E-state index contributed by atoms with van der Waals surface area (Å²) in [5, 5.41) is 2.53. The smallest absolute Gasteiger partial charge is 0.411 e. The first-order chi connectivity index (χ1) is 11.7. The molecule has 0 spiro atoms. The van der Waals surface area contributed by atoms with Crippen molar-refractivity contribution in [3.8, 4) is 5.75 Å². The van der Waals surface area contributed by atoms with Crippen molar-refractivity contribution in [1.82, 2.24) is 0 Å². The number of carbonyl (C=O) groups is 2. The molecule has 126 valence electrons. The van der Waals surface area contributed by atoms with E-state index in [9.17, 15) is 9.59 Å². The van der Waals surface area contributed by atoms with Crippen molar-refractivity contribution < 1.29 is 23.8 Å². The van der Waals surface area contributed by atoms with Gasteiger partial charge in [0, 0.05) is 5.69 Å². The number of anilines is 1.